The van der Waals surface area contributed by atoms with E-state index < -0.39 is 5.97 Å². The largest absolute Gasteiger partial charge is 0.478 e. The molecule has 2 rings (SSSR count). The molecule has 18 heavy (non-hydrogen) atoms. The molecule has 2 unspecified atom stereocenters. The van der Waals surface area contributed by atoms with Gasteiger partial charge >= 0.3 is 5.97 Å². The van der Waals surface area contributed by atoms with E-state index in [1.807, 2.05) is 13.8 Å². The van der Waals surface area contributed by atoms with Gasteiger partial charge in [0.15, 0.2) is 0 Å². The van der Waals surface area contributed by atoms with Crippen LogP contribution in [-0.4, -0.2) is 33.3 Å². The molecule has 5 nitrogen and oxygen atoms in total. The molecule has 0 aromatic carbocycles. The molecule has 0 radical (unpaired) electrons. The SMILES string of the molecule is Cc1cc(C(=O)O)cc(NC2CC(O)C2(C)C)n1. The van der Waals surface area contributed by atoms with E-state index >= 15 is 0 Å². The van der Waals surface area contributed by atoms with E-state index in [-0.39, 0.29) is 23.1 Å². The predicted octanol–water partition coefficient (Wildman–Crippen LogP) is 1.66. The van der Waals surface area contributed by atoms with Crippen molar-refractivity contribution in [2.24, 2.45) is 5.41 Å². The van der Waals surface area contributed by atoms with Crippen LogP contribution < -0.4 is 5.32 Å². The monoisotopic (exact) mass is 250 g/mol. The Balaban J connectivity index is 2.18. The van der Waals surface area contributed by atoms with Gasteiger partial charge in [0, 0.05) is 17.2 Å². The number of aliphatic hydroxyl groups excluding tert-OH is 1. The van der Waals surface area contributed by atoms with Crippen molar-refractivity contribution < 1.29 is 15.0 Å². The van der Waals surface area contributed by atoms with Gasteiger partial charge in [-0.25, -0.2) is 9.78 Å². The molecule has 0 amide bonds. The highest BCUT2D eigenvalue weighted by atomic mass is 16.4. The molecule has 0 spiro atoms. The lowest BCUT2D eigenvalue weighted by molar-refractivity contribution is -0.0511. The molecule has 1 aromatic heterocycles. The van der Waals surface area contributed by atoms with Gasteiger partial charge in [-0.15, -0.1) is 0 Å². The van der Waals surface area contributed by atoms with E-state index in [0.29, 0.717) is 17.9 Å². The average Bonchev–Trinajstić information content (AvgIpc) is 2.28. The van der Waals surface area contributed by atoms with Crippen molar-refractivity contribution in [3.8, 4) is 0 Å². The smallest absolute Gasteiger partial charge is 0.335 e. The second-order valence-corrected chi connectivity index (χ2v) is 5.46. The molecule has 98 valence electrons. The first-order chi connectivity index (χ1) is 8.30. The summed E-state index contributed by atoms with van der Waals surface area (Å²) in [5.41, 5.74) is 0.673. The third-order valence-electron chi connectivity index (χ3n) is 3.74. The van der Waals surface area contributed by atoms with Gasteiger partial charge in [-0.2, -0.15) is 0 Å². The third kappa shape index (κ3) is 2.18. The van der Waals surface area contributed by atoms with Gasteiger partial charge in [-0.05, 0) is 25.5 Å². The van der Waals surface area contributed by atoms with Crippen molar-refractivity contribution in [3.05, 3.63) is 23.4 Å². The Morgan fingerprint density at radius 1 is 1.50 bits per heavy atom. The molecule has 1 aliphatic carbocycles. The molecule has 0 bridgehead atoms. The summed E-state index contributed by atoms with van der Waals surface area (Å²) in [7, 11) is 0. The number of aryl methyl sites for hydroxylation is 1. The number of hydrogen-bond donors (Lipinski definition) is 3. The quantitative estimate of drug-likeness (QED) is 0.760. The van der Waals surface area contributed by atoms with Crippen molar-refractivity contribution in [2.75, 3.05) is 5.32 Å². The van der Waals surface area contributed by atoms with E-state index in [0.717, 1.165) is 0 Å². The minimum atomic E-state index is -0.962. The summed E-state index contributed by atoms with van der Waals surface area (Å²) >= 11 is 0. The summed E-state index contributed by atoms with van der Waals surface area (Å²) in [6.07, 6.45) is 0.337. The molecule has 1 aromatic rings. The number of carboxylic acids is 1. The summed E-state index contributed by atoms with van der Waals surface area (Å²) in [5.74, 6) is -0.408. The predicted molar refractivity (Wildman–Crippen MR) is 67.7 cm³/mol. The van der Waals surface area contributed by atoms with E-state index in [9.17, 15) is 9.90 Å². The van der Waals surface area contributed by atoms with Crippen LogP contribution in [0.15, 0.2) is 12.1 Å². The Morgan fingerprint density at radius 2 is 2.17 bits per heavy atom. The highest BCUT2D eigenvalue weighted by Crippen LogP contribution is 2.42. The maximum Gasteiger partial charge on any atom is 0.335 e. The van der Waals surface area contributed by atoms with E-state index in [1.54, 1.807) is 6.92 Å². The van der Waals surface area contributed by atoms with Gasteiger partial charge in [0.2, 0.25) is 0 Å². The first kappa shape index (κ1) is 12.8. The van der Waals surface area contributed by atoms with Crippen LogP contribution in [0.2, 0.25) is 0 Å². The molecule has 1 saturated carbocycles. The summed E-state index contributed by atoms with van der Waals surface area (Å²) in [5, 5.41) is 21.9. The lowest BCUT2D eigenvalue weighted by Gasteiger charge is -2.49. The molecule has 5 heteroatoms. The van der Waals surface area contributed by atoms with Gasteiger partial charge in [0.25, 0.3) is 0 Å². The minimum absolute atomic E-state index is 0.114. The second kappa shape index (κ2) is 4.24. The summed E-state index contributed by atoms with van der Waals surface area (Å²) in [4.78, 5) is 15.2. The number of rotatable bonds is 3. The van der Waals surface area contributed by atoms with Crippen LogP contribution in [0.3, 0.4) is 0 Å². The van der Waals surface area contributed by atoms with E-state index in [1.165, 1.54) is 12.1 Å². The number of hydrogen-bond acceptors (Lipinski definition) is 4. The molecular weight excluding hydrogens is 232 g/mol. The normalized spacial score (nSPS) is 25.3. The number of aromatic nitrogens is 1. The van der Waals surface area contributed by atoms with Crippen molar-refractivity contribution in [1.82, 2.24) is 4.98 Å². The topological polar surface area (TPSA) is 82.5 Å². The van der Waals surface area contributed by atoms with Crippen LogP contribution in [0.25, 0.3) is 0 Å². The summed E-state index contributed by atoms with van der Waals surface area (Å²) in [6, 6.07) is 3.17. The number of anilines is 1. The summed E-state index contributed by atoms with van der Waals surface area (Å²) in [6.45, 7) is 5.72. The molecule has 1 heterocycles. The van der Waals surface area contributed by atoms with Crippen molar-refractivity contribution in [2.45, 2.75) is 39.3 Å². The fourth-order valence-electron chi connectivity index (χ4n) is 2.19. The fraction of sp³-hybridized carbons (Fsp3) is 0.538. The first-order valence-electron chi connectivity index (χ1n) is 5.97. The Bertz CT molecular complexity index is 485. The Kier molecular flexibility index (Phi) is 3.02. The maximum atomic E-state index is 11.0. The Morgan fingerprint density at radius 3 is 2.67 bits per heavy atom. The molecule has 1 fully saturated rings. The molecule has 2 atom stereocenters. The molecule has 1 aliphatic rings. The second-order valence-electron chi connectivity index (χ2n) is 5.46. The number of carboxylic acid groups (broad SMARTS) is 1. The van der Waals surface area contributed by atoms with Crippen LogP contribution in [0, 0.1) is 12.3 Å². The first-order valence-corrected chi connectivity index (χ1v) is 5.97. The van der Waals surface area contributed by atoms with Crippen LogP contribution in [0.4, 0.5) is 5.82 Å². The number of carbonyl (C=O) groups is 1. The average molecular weight is 250 g/mol. The highest BCUT2D eigenvalue weighted by molar-refractivity contribution is 5.88. The number of aromatic carboxylic acids is 1. The number of pyridine rings is 1. The number of nitrogens with one attached hydrogen (secondary N) is 1. The van der Waals surface area contributed by atoms with Crippen molar-refractivity contribution in [3.63, 3.8) is 0 Å². The number of aliphatic hydroxyl groups is 1. The summed E-state index contributed by atoms with van der Waals surface area (Å²) < 4.78 is 0. The zero-order chi connectivity index (χ0) is 13.5. The fourth-order valence-corrected chi connectivity index (χ4v) is 2.19. The molecule has 3 N–H and O–H groups in total. The molecular formula is C13H18N2O3. The number of nitrogens with zero attached hydrogens (tertiary/aromatic N) is 1. The zero-order valence-electron chi connectivity index (χ0n) is 10.8. The van der Waals surface area contributed by atoms with E-state index in [4.69, 9.17) is 5.11 Å². The van der Waals surface area contributed by atoms with Crippen LogP contribution >= 0.6 is 0 Å². The Labute approximate surface area is 106 Å². The van der Waals surface area contributed by atoms with Crippen molar-refractivity contribution in [1.29, 1.82) is 0 Å². The van der Waals surface area contributed by atoms with Gasteiger partial charge in [0.1, 0.15) is 5.82 Å². The molecule has 0 saturated heterocycles. The lowest BCUT2D eigenvalue weighted by Crippen LogP contribution is -2.57. The third-order valence-corrected chi connectivity index (χ3v) is 3.74. The van der Waals surface area contributed by atoms with E-state index in [2.05, 4.69) is 10.3 Å². The zero-order valence-corrected chi connectivity index (χ0v) is 10.8. The van der Waals surface area contributed by atoms with Gasteiger partial charge in [-0.3, -0.25) is 0 Å². The van der Waals surface area contributed by atoms with Gasteiger partial charge < -0.3 is 15.5 Å². The molecule has 0 aliphatic heterocycles. The van der Waals surface area contributed by atoms with Crippen LogP contribution in [-0.2, 0) is 0 Å². The standard InChI is InChI=1S/C13H18N2O3/c1-7-4-8(12(17)18)5-11(14-7)15-9-6-10(16)13(9,2)3/h4-5,9-10,16H,6H2,1-3H3,(H,14,15)(H,17,18). The lowest BCUT2D eigenvalue weighted by atomic mass is 9.64. The van der Waals surface area contributed by atoms with Crippen LogP contribution in [0.1, 0.15) is 36.3 Å². The van der Waals surface area contributed by atoms with Crippen LogP contribution in [0.5, 0.6) is 0 Å². The van der Waals surface area contributed by atoms with Gasteiger partial charge in [0.05, 0.1) is 11.7 Å². The van der Waals surface area contributed by atoms with Crippen molar-refractivity contribution >= 4 is 11.8 Å². The maximum absolute atomic E-state index is 11.0. The van der Waals surface area contributed by atoms with Gasteiger partial charge in [-0.1, -0.05) is 13.8 Å². The highest BCUT2D eigenvalue weighted by Gasteiger charge is 2.47. The minimum Gasteiger partial charge on any atom is -0.478 e. The Hall–Kier alpha value is -1.62.